The van der Waals surface area contributed by atoms with E-state index in [-0.39, 0.29) is 5.92 Å². The number of benzene rings is 1. The molecule has 1 unspecified atom stereocenters. The van der Waals surface area contributed by atoms with Crippen molar-refractivity contribution in [2.45, 2.75) is 33.1 Å². The maximum absolute atomic E-state index is 11.2. The Bertz CT molecular complexity index is 390. The maximum Gasteiger partial charge on any atom is 0.307 e. The van der Waals surface area contributed by atoms with Crippen LogP contribution >= 0.6 is 0 Å². The predicted octanol–water partition coefficient (Wildman–Crippen LogP) is 3.59. The van der Waals surface area contributed by atoms with Crippen molar-refractivity contribution in [2.75, 3.05) is 0 Å². The first-order chi connectivity index (χ1) is 8.02. The number of aliphatic carboxylic acids is 1. The van der Waals surface area contributed by atoms with Gasteiger partial charge in [0.15, 0.2) is 0 Å². The summed E-state index contributed by atoms with van der Waals surface area (Å²) in [7, 11) is 0. The van der Waals surface area contributed by atoms with E-state index in [0.717, 1.165) is 17.6 Å². The summed E-state index contributed by atoms with van der Waals surface area (Å²) in [6.07, 6.45) is 1.99. The van der Waals surface area contributed by atoms with Crippen LogP contribution in [0.25, 0.3) is 0 Å². The van der Waals surface area contributed by atoms with Gasteiger partial charge in [0.05, 0.1) is 5.92 Å². The zero-order valence-electron chi connectivity index (χ0n) is 10.6. The second-order valence-electron chi connectivity index (χ2n) is 4.53. The molecule has 0 heterocycles. The Labute approximate surface area is 103 Å². The van der Waals surface area contributed by atoms with Crippen molar-refractivity contribution >= 4 is 5.97 Å². The fourth-order valence-corrected chi connectivity index (χ4v) is 1.75. The van der Waals surface area contributed by atoms with Gasteiger partial charge in [0.1, 0.15) is 0 Å². The van der Waals surface area contributed by atoms with Crippen molar-refractivity contribution in [1.82, 2.24) is 0 Å². The smallest absolute Gasteiger partial charge is 0.307 e. The van der Waals surface area contributed by atoms with Gasteiger partial charge in [0.2, 0.25) is 0 Å². The number of hydrogen-bond donors (Lipinski definition) is 1. The molecular weight excluding hydrogens is 212 g/mol. The lowest BCUT2D eigenvalue weighted by Crippen LogP contribution is -2.17. The molecule has 0 aliphatic carbocycles. The van der Waals surface area contributed by atoms with Crippen LogP contribution in [0.3, 0.4) is 0 Å². The van der Waals surface area contributed by atoms with Crippen LogP contribution in [0, 0.1) is 12.8 Å². The summed E-state index contributed by atoms with van der Waals surface area (Å²) in [5.41, 5.74) is 3.27. The van der Waals surface area contributed by atoms with E-state index in [1.54, 1.807) is 0 Å². The molecule has 0 bridgehead atoms. The van der Waals surface area contributed by atoms with Gasteiger partial charge >= 0.3 is 5.97 Å². The highest BCUT2D eigenvalue weighted by atomic mass is 16.4. The topological polar surface area (TPSA) is 37.3 Å². The zero-order chi connectivity index (χ0) is 12.8. The van der Waals surface area contributed by atoms with Crippen molar-refractivity contribution in [3.63, 3.8) is 0 Å². The van der Waals surface area contributed by atoms with E-state index < -0.39 is 5.97 Å². The second-order valence-corrected chi connectivity index (χ2v) is 4.53. The quantitative estimate of drug-likeness (QED) is 0.761. The Balaban J connectivity index is 2.70. The summed E-state index contributed by atoms with van der Waals surface area (Å²) >= 11 is 0. The normalized spacial score (nSPS) is 12.1. The van der Waals surface area contributed by atoms with Gasteiger partial charge in [-0.3, -0.25) is 4.79 Å². The fraction of sp³-hybridized carbons (Fsp3) is 0.400. The minimum atomic E-state index is -0.736. The minimum absolute atomic E-state index is 0.356. The molecule has 1 N–H and O–H groups in total. The summed E-state index contributed by atoms with van der Waals surface area (Å²) in [5, 5.41) is 9.19. The Kier molecular flexibility index (Phi) is 4.95. The first-order valence-corrected chi connectivity index (χ1v) is 5.98. The van der Waals surface area contributed by atoms with Gasteiger partial charge in [-0.15, -0.1) is 0 Å². The van der Waals surface area contributed by atoms with E-state index in [1.807, 2.05) is 38.1 Å². The Morgan fingerprint density at radius 3 is 2.41 bits per heavy atom. The molecule has 2 nitrogen and oxygen atoms in total. The van der Waals surface area contributed by atoms with Crippen LogP contribution in [-0.4, -0.2) is 11.1 Å². The summed E-state index contributed by atoms with van der Waals surface area (Å²) < 4.78 is 0. The third kappa shape index (κ3) is 4.43. The molecule has 0 saturated carbocycles. The molecule has 1 aromatic carbocycles. The lowest BCUT2D eigenvalue weighted by atomic mass is 9.92. The number of rotatable bonds is 6. The van der Waals surface area contributed by atoms with Gasteiger partial charge in [0, 0.05) is 0 Å². The van der Waals surface area contributed by atoms with E-state index in [1.165, 1.54) is 5.56 Å². The van der Waals surface area contributed by atoms with Gasteiger partial charge in [0.25, 0.3) is 0 Å². The van der Waals surface area contributed by atoms with Gasteiger partial charge in [-0.05, 0) is 31.7 Å². The molecule has 17 heavy (non-hydrogen) atoms. The van der Waals surface area contributed by atoms with E-state index in [0.29, 0.717) is 12.8 Å². The minimum Gasteiger partial charge on any atom is -0.481 e. The van der Waals surface area contributed by atoms with Crippen molar-refractivity contribution in [1.29, 1.82) is 0 Å². The van der Waals surface area contributed by atoms with Crippen LogP contribution in [0.1, 0.15) is 30.9 Å². The first kappa shape index (κ1) is 13.5. The fourth-order valence-electron chi connectivity index (χ4n) is 1.75. The largest absolute Gasteiger partial charge is 0.481 e. The molecule has 2 heteroatoms. The first-order valence-electron chi connectivity index (χ1n) is 5.98. The molecule has 1 aromatic rings. The molecule has 0 radical (unpaired) electrons. The second kappa shape index (κ2) is 6.24. The third-order valence-electron chi connectivity index (χ3n) is 2.99. The number of carbonyl (C=O) groups is 1. The van der Waals surface area contributed by atoms with Gasteiger partial charge in [-0.2, -0.15) is 0 Å². The van der Waals surface area contributed by atoms with Crippen molar-refractivity contribution < 1.29 is 9.90 Å². The third-order valence-corrected chi connectivity index (χ3v) is 2.99. The maximum atomic E-state index is 11.2. The number of allylic oxidation sites excluding steroid dienone is 1. The van der Waals surface area contributed by atoms with Crippen LogP contribution in [0.4, 0.5) is 0 Å². The monoisotopic (exact) mass is 232 g/mol. The molecule has 0 saturated heterocycles. The van der Waals surface area contributed by atoms with Crippen LogP contribution in [0.5, 0.6) is 0 Å². The number of aryl methyl sites for hydroxylation is 1. The summed E-state index contributed by atoms with van der Waals surface area (Å²) in [6, 6.07) is 8.03. The van der Waals surface area contributed by atoms with Crippen LogP contribution in [-0.2, 0) is 11.2 Å². The van der Waals surface area contributed by atoms with Crippen molar-refractivity contribution in [3.05, 3.63) is 47.5 Å². The molecule has 0 amide bonds. The highest BCUT2D eigenvalue weighted by Gasteiger charge is 2.18. The standard InChI is InChI=1S/C15H20O2/c1-4-11(2)9-14(15(16)17)10-13-7-5-12(3)6-8-13/h5-8,14H,2,4,9-10H2,1,3H3,(H,16,17). The van der Waals surface area contributed by atoms with E-state index >= 15 is 0 Å². The number of carboxylic acids is 1. The van der Waals surface area contributed by atoms with Gasteiger partial charge in [-0.1, -0.05) is 48.9 Å². The Hall–Kier alpha value is -1.57. The Morgan fingerprint density at radius 2 is 1.94 bits per heavy atom. The van der Waals surface area contributed by atoms with Crippen LogP contribution in [0.2, 0.25) is 0 Å². The predicted molar refractivity (Wildman–Crippen MR) is 70.1 cm³/mol. The Morgan fingerprint density at radius 1 is 1.35 bits per heavy atom. The van der Waals surface area contributed by atoms with E-state index in [9.17, 15) is 9.90 Å². The van der Waals surface area contributed by atoms with Crippen LogP contribution < -0.4 is 0 Å². The number of hydrogen-bond acceptors (Lipinski definition) is 1. The van der Waals surface area contributed by atoms with Crippen molar-refractivity contribution in [2.24, 2.45) is 5.92 Å². The molecule has 0 fully saturated rings. The molecule has 1 rings (SSSR count). The van der Waals surface area contributed by atoms with Gasteiger partial charge < -0.3 is 5.11 Å². The summed E-state index contributed by atoms with van der Waals surface area (Å²) in [4.78, 5) is 11.2. The van der Waals surface area contributed by atoms with E-state index in [2.05, 4.69) is 6.58 Å². The van der Waals surface area contributed by atoms with Crippen molar-refractivity contribution in [3.8, 4) is 0 Å². The molecule has 0 aliphatic rings. The molecule has 92 valence electrons. The molecule has 0 aromatic heterocycles. The average molecular weight is 232 g/mol. The van der Waals surface area contributed by atoms with E-state index in [4.69, 9.17) is 0 Å². The molecule has 0 spiro atoms. The summed E-state index contributed by atoms with van der Waals surface area (Å²) in [6.45, 7) is 7.92. The highest BCUT2D eigenvalue weighted by molar-refractivity contribution is 5.70. The van der Waals surface area contributed by atoms with Crippen LogP contribution in [0.15, 0.2) is 36.4 Å². The lowest BCUT2D eigenvalue weighted by Gasteiger charge is -2.13. The molecular formula is C15H20O2. The molecule has 0 aliphatic heterocycles. The average Bonchev–Trinajstić information content (AvgIpc) is 2.30. The SMILES string of the molecule is C=C(CC)CC(Cc1ccc(C)cc1)C(=O)O. The zero-order valence-corrected chi connectivity index (χ0v) is 10.6. The van der Waals surface area contributed by atoms with Gasteiger partial charge in [-0.25, -0.2) is 0 Å². The summed E-state index contributed by atoms with van der Waals surface area (Å²) in [5.74, 6) is -1.09. The highest BCUT2D eigenvalue weighted by Crippen LogP contribution is 2.18. The number of carboxylic acid groups (broad SMARTS) is 1. The lowest BCUT2D eigenvalue weighted by molar-refractivity contribution is -0.141. The molecule has 1 atom stereocenters.